The van der Waals surface area contributed by atoms with E-state index in [1.807, 2.05) is 36.4 Å². The summed E-state index contributed by atoms with van der Waals surface area (Å²) < 4.78 is 0. The normalized spacial score (nSPS) is 19.8. The number of halogens is 2. The number of nitrogens with one attached hydrogen (secondary N) is 2. The fourth-order valence-corrected chi connectivity index (χ4v) is 3.92. The molecular weight excluding hydrogens is 343 g/mol. The van der Waals surface area contributed by atoms with Crippen LogP contribution in [0.1, 0.15) is 30.9 Å². The number of para-hydroxylation sites is 2. The Kier molecular flexibility index (Phi) is 3.99. The van der Waals surface area contributed by atoms with Crippen LogP contribution in [0, 0.1) is 0 Å². The first-order chi connectivity index (χ1) is 11.6. The van der Waals surface area contributed by atoms with Crippen LogP contribution < -0.4 is 10.6 Å². The van der Waals surface area contributed by atoms with Crippen molar-refractivity contribution in [1.82, 2.24) is 0 Å². The second-order valence-electron chi connectivity index (χ2n) is 6.08. The summed E-state index contributed by atoms with van der Waals surface area (Å²) in [7, 11) is 0. The summed E-state index contributed by atoms with van der Waals surface area (Å²) in [6.45, 7) is 0. The Hall–Kier alpha value is -1.97. The summed E-state index contributed by atoms with van der Waals surface area (Å²) in [6.07, 6.45) is 2.30. The summed E-state index contributed by atoms with van der Waals surface area (Å²) in [4.78, 5) is 12.7. The average Bonchev–Trinajstić information content (AvgIpc) is 2.72. The molecule has 2 N–H and O–H groups in total. The minimum Gasteiger partial charge on any atom is -0.372 e. The van der Waals surface area contributed by atoms with Gasteiger partial charge in [0, 0.05) is 27.7 Å². The number of anilines is 2. The monoisotopic (exact) mass is 358 g/mol. The summed E-state index contributed by atoms with van der Waals surface area (Å²) in [6, 6.07) is 13.1. The van der Waals surface area contributed by atoms with Gasteiger partial charge in [-0.1, -0.05) is 41.4 Å². The number of allylic oxidation sites excluding steroid dienone is 1. The van der Waals surface area contributed by atoms with Gasteiger partial charge in [0.15, 0.2) is 5.78 Å². The predicted molar refractivity (Wildman–Crippen MR) is 98.8 cm³/mol. The molecule has 0 saturated heterocycles. The van der Waals surface area contributed by atoms with Gasteiger partial charge in [-0.2, -0.15) is 0 Å². The number of carbonyl (C=O) groups is 1. The van der Waals surface area contributed by atoms with Crippen molar-refractivity contribution in [1.29, 1.82) is 0 Å². The molecule has 3 nitrogen and oxygen atoms in total. The fourth-order valence-electron chi connectivity index (χ4n) is 3.41. The summed E-state index contributed by atoms with van der Waals surface area (Å²) in [5.74, 6) is 0.167. The molecule has 0 fully saturated rings. The molecule has 24 heavy (non-hydrogen) atoms. The topological polar surface area (TPSA) is 41.1 Å². The molecule has 1 heterocycles. The quantitative estimate of drug-likeness (QED) is 0.698. The van der Waals surface area contributed by atoms with Crippen molar-refractivity contribution in [3.05, 3.63) is 69.3 Å². The second-order valence-corrected chi connectivity index (χ2v) is 6.93. The number of carbonyl (C=O) groups excluding carboxylic acids is 1. The predicted octanol–water partition coefficient (Wildman–Crippen LogP) is 5.58. The highest BCUT2D eigenvalue weighted by molar-refractivity contribution is 6.35. The first-order valence-electron chi connectivity index (χ1n) is 7.97. The Morgan fingerprint density at radius 3 is 2.58 bits per heavy atom. The first-order valence-corrected chi connectivity index (χ1v) is 8.73. The largest absolute Gasteiger partial charge is 0.372 e. The number of hydrogen-bond donors (Lipinski definition) is 2. The lowest BCUT2D eigenvalue weighted by Gasteiger charge is -2.26. The molecule has 1 atom stereocenters. The summed E-state index contributed by atoms with van der Waals surface area (Å²) in [5, 5.41) is 8.09. The SMILES string of the molecule is O=C1CCCC2=C1[C@H](c1ccc(Cl)cc1Cl)Nc1ccccc1N2. The molecule has 0 amide bonds. The van der Waals surface area contributed by atoms with E-state index >= 15 is 0 Å². The zero-order valence-electron chi connectivity index (χ0n) is 12.9. The van der Waals surface area contributed by atoms with Crippen molar-refractivity contribution in [3.8, 4) is 0 Å². The van der Waals surface area contributed by atoms with E-state index in [2.05, 4.69) is 10.6 Å². The molecular formula is C19H16Cl2N2O. The lowest BCUT2D eigenvalue weighted by Crippen LogP contribution is -2.23. The van der Waals surface area contributed by atoms with Gasteiger partial charge in [0.1, 0.15) is 0 Å². The number of Topliss-reactive ketones (excluding diaryl/α,β-unsaturated/α-hetero) is 1. The second kappa shape index (κ2) is 6.15. The van der Waals surface area contributed by atoms with Crippen molar-refractivity contribution in [2.75, 3.05) is 10.6 Å². The number of fused-ring (bicyclic) bond motifs is 1. The average molecular weight is 359 g/mol. The van der Waals surface area contributed by atoms with Gasteiger partial charge in [0.25, 0.3) is 0 Å². The number of ketones is 1. The number of benzene rings is 2. The van der Waals surface area contributed by atoms with E-state index in [-0.39, 0.29) is 11.8 Å². The Morgan fingerprint density at radius 2 is 1.79 bits per heavy atom. The van der Waals surface area contributed by atoms with Crippen molar-refractivity contribution < 1.29 is 4.79 Å². The maximum absolute atomic E-state index is 12.7. The zero-order chi connectivity index (χ0) is 16.7. The van der Waals surface area contributed by atoms with Crippen molar-refractivity contribution in [2.24, 2.45) is 0 Å². The fraction of sp³-hybridized carbons (Fsp3) is 0.211. The molecule has 1 aliphatic heterocycles. The molecule has 1 aliphatic carbocycles. The first kappa shape index (κ1) is 15.6. The van der Waals surface area contributed by atoms with Crippen LogP contribution in [-0.4, -0.2) is 5.78 Å². The van der Waals surface area contributed by atoms with E-state index in [4.69, 9.17) is 23.2 Å². The number of rotatable bonds is 1. The third-order valence-electron chi connectivity index (χ3n) is 4.53. The van der Waals surface area contributed by atoms with Crippen LogP contribution in [0.3, 0.4) is 0 Å². The van der Waals surface area contributed by atoms with Crippen LogP contribution in [0.2, 0.25) is 10.0 Å². The molecule has 0 bridgehead atoms. The Labute approximate surface area is 150 Å². The molecule has 2 aromatic carbocycles. The Bertz CT molecular complexity index is 860. The lowest BCUT2D eigenvalue weighted by molar-refractivity contribution is -0.116. The lowest BCUT2D eigenvalue weighted by atomic mass is 9.86. The van der Waals surface area contributed by atoms with Crippen molar-refractivity contribution in [2.45, 2.75) is 25.3 Å². The van der Waals surface area contributed by atoms with E-state index in [1.54, 1.807) is 6.07 Å². The number of hydrogen-bond acceptors (Lipinski definition) is 3. The van der Waals surface area contributed by atoms with E-state index in [0.29, 0.717) is 16.5 Å². The third-order valence-corrected chi connectivity index (χ3v) is 5.09. The van der Waals surface area contributed by atoms with Crippen molar-refractivity contribution >= 4 is 40.4 Å². The maximum atomic E-state index is 12.7. The van der Waals surface area contributed by atoms with Gasteiger partial charge in [-0.15, -0.1) is 0 Å². The van der Waals surface area contributed by atoms with Gasteiger partial charge in [-0.25, -0.2) is 0 Å². The van der Waals surface area contributed by atoms with Crippen LogP contribution >= 0.6 is 23.2 Å². The molecule has 4 rings (SSSR count). The highest BCUT2D eigenvalue weighted by Crippen LogP contribution is 2.42. The highest BCUT2D eigenvalue weighted by Gasteiger charge is 2.32. The molecule has 5 heteroatoms. The molecule has 0 aromatic heterocycles. The van der Waals surface area contributed by atoms with Crippen LogP contribution in [0.25, 0.3) is 0 Å². The van der Waals surface area contributed by atoms with Gasteiger partial charge in [0.05, 0.1) is 17.4 Å². The highest BCUT2D eigenvalue weighted by atomic mass is 35.5. The van der Waals surface area contributed by atoms with E-state index in [1.165, 1.54) is 0 Å². The molecule has 2 aromatic rings. The van der Waals surface area contributed by atoms with Crippen LogP contribution in [-0.2, 0) is 4.79 Å². The molecule has 2 aliphatic rings. The van der Waals surface area contributed by atoms with Crippen LogP contribution in [0.5, 0.6) is 0 Å². The van der Waals surface area contributed by atoms with E-state index in [9.17, 15) is 4.79 Å². The van der Waals surface area contributed by atoms with Crippen molar-refractivity contribution in [3.63, 3.8) is 0 Å². The smallest absolute Gasteiger partial charge is 0.163 e. The van der Waals surface area contributed by atoms with Gasteiger partial charge in [-0.05, 0) is 42.7 Å². The molecule has 0 spiro atoms. The minimum atomic E-state index is -0.284. The minimum absolute atomic E-state index is 0.167. The maximum Gasteiger partial charge on any atom is 0.163 e. The summed E-state index contributed by atoms with van der Waals surface area (Å²) >= 11 is 12.5. The molecule has 0 unspecified atom stereocenters. The molecule has 0 radical (unpaired) electrons. The van der Waals surface area contributed by atoms with Gasteiger partial charge < -0.3 is 10.6 Å². The standard InChI is InChI=1S/C19H16Cl2N2O/c20-11-8-9-12(13(21)10-11)19-18-16(6-3-7-17(18)24)22-14-4-1-2-5-15(14)23-19/h1-2,4-5,8-10,19,22-23H,3,6-7H2/t19-/m0/s1. The zero-order valence-corrected chi connectivity index (χ0v) is 14.4. The van der Waals surface area contributed by atoms with E-state index in [0.717, 1.165) is 41.1 Å². The Morgan fingerprint density at radius 1 is 1.00 bits per heavy atom. The molecule has 0 saturated carbocycles. The van der Waals surface area contributed by atoms with E-state index < -0.39 is 0 Å². The third kappa shape index (κ3) is 2.68. The van der Waals surface area contributed by atoms with Crippen LogP contribution in [0.15, 0.2) is 53.7 Å². The summed E-state index contributed by atoms with van der Waals surface area (Å²) in [5.41, 5.74) is 4.56. The van der Waals surface area contributed by atoms with Gasteiger partial charge in [0.2, 0.25) is 0 Å². The Balaban J connectivity index is 1.90. The molecule has 122 valence electrons. The van der Waals surface area contributed by atoms with Gasteiger partial charge >= 0.3 is 0 Å². The van der Waals surface area contributed by atoms with Crippen LogP contribution in [0.4, 0.5) is 11.4 Å². The van der Waals surface area contributed by atoms with Gasteiger partial charge in [-0.3, -0.25) is 4.79 Å².